The lowest BCUT2D eigenvalue weighted by molar-refractivity contribution is -0.135. The molecule has 0 aliphatic carbocycles. The monoisotopic (exact) mass is 212 g/mol. The van der Waals surface area contributed by atoms with Gasteiger partial charge in [-0.15, -0.1) is 0 Å². The van der Waals surface area contributed by atoms with Crippen molar-refractivity contribution in [1.29, 1.82) is 0 Å². The van der Waals surface area contributed by atoms with Gasteiger partial charge in [0.05, 0.1) is 0 Å². The Labute approximate surface area is 75.4 Å². The van der Waals surface area contributed by atoms with Gasteiger partial charge in [0, 0.05) is 12.1 Å². The predicted octanol–water partition coefficient (Wildman–Crippen LogP) is 0.956. The molecule has 3 N–H and O–H groups in total. The fourth-order valence-electron chi connectivity index (χ4n) is 0.909. The number of thiazole rings is 1. The molecule has 3 nitrogen and oxygen atoms in total. The zero-order chi connectivity index (χ0) is 10.1. The smallest absolute Gasteiger partial charge is 0.330 e. The van der Waals surface area contributed by atoms with E-state index in [0.717, 1.165) is 0 Å². The number of H-pyrrole nitrogens is 1. The van der Waals surface area contributed by atoms with Gasteiger partial charge in [-0.25, -0.2) is 0 Å². The van der Waals surface area contributed by atoms with Crippen molar-refractivity contribution < 1.29 is 13.2 Å². The van der Waals surface area contributed by atoms with Gasteiger partial charge in [-0.05, 0) is 6.54 Å². The molecule has 1 aromatic heterocycles. The minimum Gasteiger partial charge on any atom is -0.330 e. The number of aromatic amines is 1. The minimum absolute atomic E-state index is 0.0353. The highest BCUT2D eigenvalue weighted by Crippen LogP contribution is 2.33. The van der Waals surface area contributed by atoms with Crippen LogP contribution >= 0.6 is 11.3 Å². The van der Waals surface area contributed by atoms with Crippen LogP contribution in [0.5, 0.6) is 0 Å². The summed E-state index contributed by atoms with van der Waals surface area (Å²) in [4.78, 5) is 11.2. The summed E-state index contributed by atoms with van der Waals surface area (Å²) in [6.07, 6.45) is -4.43. The van der Waals surface area contributed by atoms with E-state index in [9.17, 15) is 18.0 Å². The lowest BCUT2D eigenvalue weighted by Crippen LogP contribution is -2.10. The summed E-state index contributed by atoms with van der Waals surface area (Å²) in [6.45, 7) is 0.0791. The highest BCUT2D eigenvalue weighted by Gasteiger charge is 2.35. The molecule has 0 atom stereocenters. The van der Waals surface area contributed by atoms with Gasteiger partial charge in [-0.2, -0.15) is 13.2 Å². The summed E-state index contributed by atoms with van der Waals surface area (Å²) in [6, 6.07) is 0. The number of hydrogen-bond acceptors (Lipinski definition) is 3. The molecule has 0 aliphatic rings. The normalized spacial score (nSPS) is 12.0. The van der Waals surface area contributed by atoms with Crippen LogP contribution in [0.2, 0.25) is 0 Å². The molecule has 0 saturated heterocycles. The molecule has 0 bridgehead atoms. The largest absolute Gasteiger partial charge is 0.427 e. The molecule has 1 heterocycles. The Morgan fingerprint density at radius 2 is 2.08 bits per heavy atom. The second kappa shape index (κ2) is 3.51. The number of halogens is 3. The Hall–Kier alpha value is -0.820. The summed E-state index contributed by atoms with van der Waals surface area (Å²) >= 11 is 0.170. The van der Waals surface area contributed by atoms with Crippen molar-refractivity contribution in [2.45, 2.75) is 12.6 Å². The first-order valence-corrected chi connectivity index (χ1v) is 4.26. The Balaban J connectivity index is 3.12. The summed E-state index contributed by atoms with van der Waals surface area (Å²) in [5.74, 6) is 0. The van der Waals surface area contributed by atoms with Gasteiger partial charge in [0.2, 0.25) is 0 Å². The molecule has 0 saturated carbocycles. The van der Waals surface area contributed by atoms with Crippen molar-refractivity contribution in [2.24, 2.45) is 5.73 Å². The third-order valence-corrected chi connectivity index (χ3v) is 2.34. The first-order valence-electron chi connectivity index (χ1n) is 3.44. The van der Waals surface area contributed by atoms with Crippen molar-refractivity contribution in [3.8, 4) is 0 Å². The fourth-order valence-corrected chi connectivity index (χ4v) is 1.66. The van der Waals surface area contributed by atoms with Crippen LogP contribution in [0, 0.1) is 0 Å². The van der Waals surface area contributed by atoms with Crippen molar-refractivity contribution >= 4 is 11.3 Å². The van der Waals surface area contributed by atoms with Gasteiger partial charge in [0.15, 0.2) is 0 Å². The molecule has 0 fully saturated rings. The van der Waals surface area contributed by atoms with Crippen molar-refractivity contribution in [1.82, 2.24) is 4.98 Å². The highest BCUT2D eigenvalue weighted by molar-refractivity contribution is 7.09. The van der Waals surface area contributed by atoms with E-state index >= 15 is 0 Å². The molecule has 0 unspecified atom stereocenters. The zero-order valence-electron chi connectivity index (χ0n) is 6.44. The van der Waals surface area contributed by atoms with E-state index in [-0.39, 0.29) is 30.0 Å². The molecule has 0 radical (unpaired) electrons. The maximum atomic E-state index is 12.2. The first kappa shape index (κ1) is 10.3. The average Bonchev–Trinajstić information content (AvgIpc) is 2.30. The second-order valence-electron chi connectivity index (χ2n) is 2.36. The number of alkyl halides is 3. The molecular weight excluding hydrogens is 205 g/mol. The molecular formula is C6H7F3N2OS. The molecule has 0 amide bonds. The average molecular weight is 212 g/mol. The summed E-state index contributed by atoms with van der Waals surface area (Å²) in [5, 5.41) is 0. The fraction of sp³-hybridized carbons (Fsp3) is 0.500. The van der Waals surface area contributed by atoms with Gasteiger partial charge in [-0.1, -0.05) is 11.3 Å². The van der Waals surface area contributed by atoms with Gasteiger partial charge in [0.1, 0.15) is 4.88 Å². The highest BCUT2D eigenvalue weighted by atomic mass is 32.1. The van der Waals surface area contributed by atoms with Crippen LogP contribution in [0.25, 0.3) is 0 Å². The molecule has 0 aliphatic heterocycles. The van der Waals surface area contributed by atoms with E-state index in [0.29, 0.717) is 0 Å². The first-order chi connectivity index (χ1) is 5.95. The van der Waals surface area contributed by atoms with Crippen LogP contribution in [0.15, 0.2) is 4.79 Å². The molecule has 13 heavy (non-hydrogen) atoms. The SMILES string of the molecule is NCCc1[nH]c(=O)sc1C(F)(F)F. The van der Waals surface area contributed by atoms with E-state index in [4.69, 9.17) is 5.73 Å². The molecule has 7 heteroatoms. The van der Waals surface area contributed by atoms with Crippen LogP contribution < -0.4 is 10.6 Å². The second-order valence-corrected chi connectivity index (χ2v) is 3.34. The van der Waals surface area contributed by atoms with Gasteiger partial charge in [-0.3, -0.25) is 4.79 Å². The van der Waals surface area contributed by atoms with Crippen LogP contribution in [0.4, 0.5) is 13.2 Å². The Kier molecular flexibility index (Phi) is 2.77. The predicted molar refractivity (Wildman–Crippen MR) is 42.7 cm³/mol. The minimum atomic E-state index is -4.46. The van der Waals surface area contributed by atoms with E-state index in [2.05, 4.69) is 4.98 Å². The van der Waals surface area contributed by atoms with Crippen LogP contribution in [0.3, 0.4) is 0 Å². The molecule has 1 aromatic rings. The maximum Gasteiger partial charge on any atom is 0.427 e. The molecule has 0 aromatic carbocycles. The molecule has 0 spiro atoms. The molecule has 1 rings (SSSR count). The number of nitrogens with two attached hydrogens (primary N) is 1. The van der Waals surface area contributed by atoms with Crippen molar-refractivity contribution in [3.63, 3.8) is 0 Å². The zero-order valence-corrected chi connectivity index (χ0v) is 7.26. The Morgan fingerprint density at radius 3 is 2.54 bits per heavy atom. The summed E-state index contributed by atoms with van der Waals surface area (Å²) < 4.78 is 36.6. The van der Waals surface area contributed by atoms with Gasteiger partial charge < -0.3 is 10.7 Å². The maximum absolute atomic E-state index is 12.2. The quantitative estimate of drug-likeness (QED) is 0.767. The van der Waals surface area contributed by atoms with Crippen molar-refractivity contribution in [3.05, 3.63) is 20.2 Å². The number of hydrogen-bond donors (Lipinski definition) is 2. The Bertz CT molecular complexity index is 340. The summed E-state index contributed by atoms with van der Waals surface area (Å²) in [5.41, 5.74) is 4.98. The third-order valence-electron chi connectivity index (χ3n) is 1.37. The van der Waals surface area contributed by atoms with E-state index in [1.807, 2.05) is 0 Å². The lowest BCUT2D eigenvalue weighted by atomic mass is 10.3. The van der Waals surface area contributed by atoms with Crippen LogP contribution in [0.1, 0.15) is 10.6 Å². The van der Waals surface area contributed by atoms with Gasteiger partial charge >= 0.3 is 11.0 Å². The van der Waals surface area contributed by atoms with E-state index in [1.54, 1.807) is 0 Å². The molecule has 74 valence electrons. The van der Waals surface area contributed by atoms with Gasteiger partial charge in [0.25, 0.3) is 0 Å². The number of aromatic nitrogens is 1. The standard InChI is InChI=1S/C6H7F3N2OS/c7-6(8,9)4-3(1-2-10)11-5(12)13-4/h1-2,10H2,(H,11,12). The van der Waals surface area contributed by atoms with E-state index in [1.165, 1.54) is 0 Å². The Morgan fingerprint density at radius 1 is 1.46 bits per heavy atom. The topological polar surface area (TPSA) is 58.9 Å². The number of rotatable bonds is 2. The van der Waals surface area contributed by atoms with Crippen LogP contribution in [-0.2, 0) is 12.6 Å². The van der Waals surface area contributed by atoms with Crippen molar-refractivity contribution in [2.75, 3.05) is 6.54 Å². The van der Waals surface area contributed by atoms with Crippen LogP contribution in [-0.4, -0.2) is 11.5 Å². The van der Waals surface area contributed by atoms with E-state index < -0.39 is 15.9 Å². The summed E-state index contributed by atoms with van der Waals surface area (Å²) in [7, 11) is 0. The lowest BCUT2D eigenvalue weighted by Gasteiger charge is -2.04. The third kappa shape index (κ3) is 2.31. The number of nitrogens with one attached hydrogen (secondary N) is 1.